The van der Waals surface area contributed by atoms with Crippen LogP contribution in [0.3, 0.4) is 0 Å². The Bertz CT molecular complexity index is 610. The van der Waals surface area contributed by atoms with E-state index in [2.05, 4.69) is 10.5 Å². The summed E-state index contributed by atoms with van der Waals surface area (Å²) in [5.74, 6) is 1.50. The summed E-state index contributed by atoms with van der Waals surface area (Å²) in [5, 5.41) is 3.76. The highest BCUT2D eigenvalue weighted by atomic mass is 16.6. The van der Waals surface area contributed by atoms with E-state index in [0.717, 1.165) is 0 Å². The molecule has 20 heavy (non-hydrogen) atoms. The number of benzene rings is 1. The number of nitrogens with zero attached hydrogens (tertiary/aromatic N) is 2. The van der Waals surface area contributed by atoms with E-state index in [0.29, 0.717) is 11.3 Å². The van der Waals surface area contributed by atoms with Crippen molar-refractivity contribution in [3.63, 3.8) is 0 Å². The predicted octanol–water partition coefficient (Wildman–Crippen LogP) is 1.67. The summed E-state index contributed by atoms with van der Waals surface area (Å²) in [6.07, 6.45) is 1.44. The van der Waals surface area contributed by atoms with Crippen LogP contribution in [0.1, 0.15) is 31.1 Å². The lowest BCUT2D eigenvalue weighted by Crippen LogP contribution is -2.24. The molecule has 2 rings (SSSR count). The van der Waals surface area contributed by atoms with Crippen molar-refractivity contribution in [2.24, 2.45) is 5.10 Å². The molecule has 0 amide bonds. The summed E-state index contributed by atoms with van der Waals surface area (Å²) >= 11 is 0. The minimum absolute atomic E-state index is 0.173. The molecule has 0 saturated carbocycles. The fraction of sp³-hybridized carbons (Fsp3) is 0.286. The van der Waals surface area contributed by atoms with Crippen LogP contribution in [0.2, 0.25) is 0 Å². The van der Waals surface area contributed by atoms with Crippen molar-refractivity contribution in [2.45, 2.75) is 26.4 Å². The van der Waals surface area contributed by atoms with Gasteiger partial charge in [-0.1, -0.05) is 6.07 Å². The molecule has 0 fully saturated rings. The van der Waals surface area contributed by atoms with Crippen molar-refractivity contribution in [1.29, 1.82) is 0 Å². The van der Waals surface area contributed by atoms with Gasteiger partial charge in [-0.05, 0) is 39.0 Å². The molecule has 1 aliphatic rings. The Morgan fingerprint density at radius 1 is 1.40 bits per heavy atom. The summed E-state index contributed by atoms with van der Waals surface area (Å²) in [5.41, 5.74) is 2.99. The van der Waals surface area contributed by atoms with Gasteiger partial charge in [0.25, 0.3) is 0 Å². The molecule has 1 aliphatic heterocycles. The van der Waals surface area contributed by atoms with E-state index in [1.807, 2.05) is 0 Å². The second-order valence-electron chi connectivity index (χ2n) is 5.23. The lowest BCUT2D eigenvalue weighted by atomic mass is 10.1. The lowest BCUT2D eigenvalue weighted by Gasteiger charge is -2.20. The Morgan fingerprint density at radius 3 is 2.80 bits per heavy atom. The monoisotopic (exact) mass is 273 g/mol. The zero-order chi connectivity index (χ0) is 14.8. The number of esters is 1. The van der Waals surface area contributed by atoms with Gasteiger partial charge in [-0.15, -0.1) is 0 Å². The Kier molecular flexibility index (Phi) is 3.59. The summed E-state index contributed by atoms with van der Waals surface area (Å²) in [7, 11) is 0. The highest BCUT2D eigenvalue weighted by Crippen LogP contribution is 2.21. The van der Waals surface area contributed by atoms with Gasteiger partial charge in [0.2, 0.25) is 5.82 Å². The van der Waals surface area contributed by atoms with Gasteiger partial charge < -0.3 is 4.74 Å². The zero-order valence-electron chi connectivity index (χ0n) is 11.5. The number of carbonyl (C=O) groups excluding carboxylic acids is 2. The van der Waals surface area contributed by atoms with Crippen LogP contribution < -0.4 is 10.3 Å². The molecule has 0 radical (unpaired) electrons. The van der Waals surface area contributed by atoms with Gasteiger partial charge in [-0.2, -0.15) is 5.10 Å². The largest absolute Gasteiger partial charge is 0.456 e. The Labute approximate surface area is 116 Å². The molecule has 0 atom stereocenters. The van der Waals surface area contributed by atoms with Gasteiger partial charge in [-0.25, -0.2) is 9.59 Å². The number of anilines is 1. The molecule has 0 aromatic heterocycles. The van der Waals surface area contributed by atoms with Gasteiger partial charge in [-0.3, -0.25) is 10.3 Å². The summed E-state index contributed by atoms with van der Waals surface area (Å²) in [4.78, 5) is 24.3. The number of rotatable bonds is 2. The van der Waals surface area contributed by atoms with E-state index in [1.165, 1.54) is 11.2 Å². The number of hydrogen-bond acceptors (Lipinski definition) is 6. The minimum Gasteiger partial charge on any atom is -0.456 e. The highest BCUT2D eigenvalue weighted by Gasteiger charge is 2.20. The summed E-state index contributed by atoms with van der Waals surface area (Å²) in [6, 6.07) is 6.75. The maximum absolute atomic E-state index is 12.0. The summed E-state index contributed by atoms with van der Waals surface area (Å²) in [6.45, 7) is 5.41. The van der Waals surface area contributed by atoms with E-state index < -0.39 is 11.6 Å². The fourth-order valence-electron chi connectivity index (χ4n) is 1.65. The van der Waals surface area contributed by atoms with Gasteiger partial charge in [0.15, 0.2) is 5.94 Å². The minimum atomic E-state index is -0.558. The molecule has 1 aromatic carbocycles. The zero-order valence-corrected chi connectivity index (χ0v) is 11.5. The second kappa shape index (κ2) is 5.19. The smallest absolute Gasteiger partial charge is 0.338 e. The van der Waals surface area contributed by atoms with Gasteiger partial charge in [0, 0.05) is 0 Å². The van der Waals surface area contributed by atoms with Crippen LogP contribution in [0.15, 0.2) is 35.2 Å². The summed E-state index contributed by atoms with van der Waals surface area (Å²) < 4.78 is 5.30. The molecule has 1 aromatic rings. The quantitative estimate of drug-likeness (QED) is 0.655. The number of hydrogen-bond donors (Lipinski definition) is 1. The van der Waals surface area contributed by atoms with Crippen molar-refractivity contribution >= 4 is 23.9 Å². The first kappa shape index (κ1) is 13.8. The van der Waals surface area contributed by atoms with Gasteiger partial charge >= 0.3 is 5.97 Å². The van der Waals surface area contributed by atoms with Crippen molar-refractivity contribution < 1.29 is 14.3 Å². The number of nitrogens with one attached hydrogen (secondary N) is 1. The molecule has 0 saturated heterocycles. The topological polar surface area (TPSA) is 71.0 Å². The van der Waals surface area contributed by atoms with Crippen molar-refractivity contribution in [1.82, 2.24) is 5.43 Å². The maximum atomic E-state index is 12.0. The first-order chi connectivity index (χ1) is 9.40. The normalized spacial score (nSPS) is 13.9. The second-order valence-corrected chi connectivity index (χ2v) is 5.23. The van der Waals surface area contributed by atoms with Crippen LogP contribution in [0, 0.1) is 0 Å². The number of carbonyl (C=O) groups is 1. The Hall–Kier alpha value is -2.59. The van der Waals surface area contributed by atoms with Crippen molar-refractivity contribution in [3.05, 3.63) is 35.6 Å². The van der Waals surface area contributed by atoms with E-state index in [1.54, 1.807) is 51.0 Å². The standard InChI is InChI=1S/C14H15N3O3/c1-14(2,3)20-13(19)10-5-4-6-11(7-10)17-9-15-16-12(17)8-18/h4-7,9,16H,1-3H3. The predicted molar refractivity (Wildman–Crippen MR) is 74.9 cm³/mol. The molecule has 1 heterocycles. The average molecular weight is 273 g/mol. The number of hydrazone groups is 1. The fourth-order valence-corrected chi connectivity index (χ4v) is 1.65. The van der Waals surface area contributed by atoms with Crippen molar-refractivity contribution in [3.8, 4) is 0 Å². The van der Waals surface area contributed by atoms with Crippen LogP contribution in [0.4, 0.5) is 5.69 Å². The molecule has 1 N–H and O–H groups in total. The van der Waals surface area contributed by atoms with Gasteiger partial charge in [0.05, 0.1) is 11.3 Å². The van der Waals surface area contributed by atoms with Crippen LogP contribution in [-0.2, 0) is 9.53 Å². The maximum Gasteiger partial charge on any atom is 0.338 e. The lowest BCUT2D eigenvalue weighted by molar-refractivity contribution is 0.00696. The third-order valence-electron chi connectivity index (χ3n) is 2.44. The van der Waals surface area contributed by atoms with Crippen LogP contribution in [0.25, 0.3) is 0 Å². The van der Waals surface area contributed by atoms with E-state index in [-0.39, 0.29) is 5.82 Å². The molecule has 0 spiro atoms. The van der Waals surface area contributed by atoms with Gasteiger partial charge in [0.1, 0.15) is 11.9 Å². The third-order valence-corrected chi connectivity index (χ3v) is 2.44. The Morgan fingerprint density at radius 2 is 2.15 bits per heavy atom. The van der Waals surface area contributed by atoms with E-state index in [4.69, 9.17) is 4.74 Å². The Balaban J connectivity index is 2.27. The first-order valence-electron chi connectivity index (χ1n) is 6.08. The molecule has 0 bridgehead atoms. The van der Waals surface area contributed by atoms with Crippen LogP contribution in [-0.4, -0.2) is 23.9 Å². The van der Waals surface area contributed by atoms with Crippen LogP contribution in [0.5, 0.6) is 0 Å². The molecular formula is C14H15N3O3. The molecule has 6 nitrogen and oxygen atoms in total. The molecular weight excluding hydrogens is 258 g/mol. The van der Waals surface area contributed by atoms with E-state index in [9.17, 15) is 9.59 Å². The molecule has 0 unspecified atom stereocenters. The first-order valence-corrected chi connectivity index (χ1v) is 6.08. The third kappa shape index (κ3) is 3.05. The van der Waals surface area contributed by atoms with Crippen LogP contribution >= 0.6 is 0 Å². The van der Waals surface area contributed by atoms with Crippen molar-refractivity contribution in [2.75, 3.05) is 4.90 Å². The number of ether oxygens (including phenoxy) is 1. The molecule has 0 aliphatic carbocycles. The molecule has 104 valence electrons. The molecule has 6 heteroatoms. The highest BCUT2D eigenvalue weighted by molar-refractivity contribution is 5.94. The average Bonchev–Trinajstić information content (AvgIpc) is 2.85. The van der Waals surface area contributed by atoms with E-state index >= 15 is 0 Å². The SMILES string of the molecule is CC(C)(C)OC(=O)c1cccc(N2C=NNC2=C=O)c1.